The molecule has 1 aromatic carbocycles. The zero-order valence-electron chi connectivity index (χ0n) is 9.22. The van der Waals surface area contributed by atoms with E-state index in [1.165, 1.54) is 6.20 Å². The van der Waals surface area contributed by atoms with Gasteiger partial charge in [-0.3, -0.25) is 5.10 Å². The first kappa shape index (κ1) is 13.1. The van der Waals surface area contributed by atoms with Gasteiger partial charge in [0.1, 0.15) is 10.7 Å². The average Bonchev–Trinajstić information content (AvgIpc) is 2.74. The molecule has 0 spiro atoms. The quantitative estimate of drug-likeness (QED) is 0.784. The monoisotopic (exact) mass is 330 g/mol. The number of benzene rings is 1. The van der Waals surface area contributed by atoms with E-state index in [-0.39, 0.29) is 17.3 Å². The SMILES string of the molecule is Nc1[nH]ncc1S(=O)(=O)NCc1cccc(Br)c1. The molecule has 2 rings (SSSR count). The number of nitrogens with two attached hydrogens (primary N) is 1. The van der Waals surface area contributed by atoms with E-state index in [9.17, 15) is 8.42 Å². The number of hydrogen-bond acceptors (Lipinski definition) is 4. The van der Waals surface area contributed by atoms with Gasteiger partial charge in [-0.1, -0.05) is 28.1 Å². The van der Waals surface area contributed by atoms with Crippen LogP contribution in [-0.4, -0.2) is 18.6 Å². The molecule has 0 aliphatic rings. The largest absolute Gasteiger partial charge is 0.383 e. The lowest BCUT2D eigenvalue weighted by molar-refractivity contribution is 0.582. The average molecular weight is 331 g/mol. The molecule has 0 saturated carbocycles. The maximum absolute atomic E-state index is 11.9. The first-order valence-corrected chi connectivity index (χ1v) is 7.29. The molecule has 96 valence electrons. The molecular weight excluding hydrogens is 320 g/mol. The minimum Gasteiger partial charge on any atom is -0.383 e. The van der Waals surface area contributed by atoms with Crippen molar-refractivity contribution in [2.45, 2.75) is 11.4 Å². The zero-order valence-corrected chi connectivity index (χ0v) is 11.6. The van der Waals surface area contributed by atoms with Crippen molar-refractivity contribution in [3.63, 3.8) is 0 Å². The molecule has 1 aromatic heterocycles. The Balaban J connectivity index is 2.13. The lowest BCUT2D eigenvalue weighted by atomic mass is 10.2. The highest BCUT2D eigenvalue weighted by Gasteiger charge is 2.18. The van der Waals surface area contributed by atoms with Gasteiger partial charge in [-0.2, -0.15) is 5.10 Å². The van der Waals surface area contributed by atoms with Gasteiger partial charge in [0.2, 0.25) is 10.0 Å². The minimum atomic E-state index is -3.64. The molecule has 0 amide bonds. The Morgan fingerprint density at radius 2 is 2.22 bits per heavy atom. The first-order chi connectivity index (χ1) is 8.49. The molecule has 0 unspecified atom stereocenters. The fourth-order valence-electron chi connectivity index (χ4n) is 1.40. The lowest BCUT2D eigenvalue weighted by Crippen LogP contribution is -2.23. The summed E-state index contributed by atoms with van der Waals surface area (Å²) in [6.07, 6.45) is 1.18. The van der Waals surface area contributed by atoms with E-state index in [0.717, 1.165) is 10.0 Å². The van der Waals surface area contributed by atoms with Gasteiger partial charge in [0.25, 0.3) is 0 Å². The maximum Gasteiger partial charge on any atom is 0.246 e. The number of H-pyrrole nitrogens is 1. The van der Waals surface area contributed by atoms with Crippen molar-refractivity contribution in [2.24, 2.45) is 0 Å². The lowest BCUT2D eigenvalue weighted by Gasteiger charge is -2.06. The predicted octanol–water partition coefficient (Wildman–Crippen LogP) is 1.23. The van der Waals surface area contributed by atoms with Gasteiger partial charge in [-0.05, 0) is 17.7 Å². The Kier molecular flexibility index (Phi) is 3.69. The highest BCUT2D eigenvalue weighted by molar-refractivity contribution is 9.10. The summed E-state index contributed by atoms with van der Waals surface area (Å²) in [5, 5.41) is 5.96. The van der Waals surface area contributed by atoms with Crippen molar-refractivity contribution in [1.82, 2.24) is 14.9 Å². The van der Waals surface area contributed by atoms with Crippen LogP contribution in [0.2, 0.25) is 0 Å². The summed E-state index contributed by atoms with van der Waals surface area (Å²) in [5.74, 6) is 0.0248. The van der Waals surface area contributed by atoms with Crippen molar-refractivity contribution in [1.29, 1.82) is 0 Å². The van der Waals surface area contributed by atoms with Gasteiger partial charge in [0.15, 0.2) is 0 Å². The Hall–Kier alpha value is -1.38. The Bertz CT molecular complexity index is 653. The number of aromatic amines is 1. The molecule has 0 aliphatic carbocycles. The third-order valence-corrected chi connectivity index (χ3v) is 4.20. The number of sulfonamides is 1. The van der Waals surface area contributed by atoms with E-state index in [1.807, 2.05) is 24.3 Å². The topological polar surface area (TPSA) is 101 Å². The van der Waals surface area contributed by atoms with Crippen LogP contribution in [0.5, 0.6) is 0 Å². The van der Waals surface area contributed by atoms with Gasteiger partial charge in [0, 0.05) is 11.0 Å². The van der Waals surface area contributed by atoms with Crippen molar-refractivity contribution >= 4 is 31.8 Å². The van der Waals surface area contributed by atoms with E-state index < -0.39 is 10.0 Å². The van der Waals surface area contributed by atoms with E-state index >= 15 is 0 Å². The standard InChI is InChI=1S/C10H11BrN4O2S/c11-8-3-1-2-7(4-8)5-14-18(16,17)9-6-13-15-10(9)12/h1-4,6,14H,5H2,(H3,12,13,15). The van der Waals surface area contributed by atoms with Crippen LogP contribution in [0.4, 0.5) is 5.82 Å². The van der Waals surface area contributed by atoms with Crippen molar-refractivity contribution in [3.05, 3.63) is 40.5 Å². The minimum absolute atomic E-state index is 0.0248. The number of rotatable bonds is 4. The molecule has 8 heteroatoms. The summed E-state index contributed by atoms with van der Waals surface area (Å²) in [7, 11) is -3.64. The molecule has 0 fully saturated rings. The second-order valence-electron chi connectivity index (χ2n) is 3.60. The molecule has 0 aliphatic heterocycles. The third kappa shape index (κ3) is 2.89. The number of nitrogens with zero attached hydrogens (tertiary/aromatic N) is 1. The Morgan fingerprint density at radius 3 is 2.83 bits per heavy atom. The summed E-state index contributed by atoms with van der Waals surface area (Å²) < 4.78 is 27.2. The number of anilines is 1. The van der Waals surface area contributed by atoms with Crippen LogP contribution in [0, 0.1) is 0 Å². The van der Waals surface area contributed by atoms with Gasteiger partial charge in [-0.25, -0.2) is 13.1 Å². The van der Waals surface area contributed by atoms with Gasteiger partial charge >= 0.3 is 0 Å². The summed E-state index contributed by atoms with van der Waals surface area (Å²) in [5.41, 5.74) is 6.32. The fraction of sp³-hybridized carbons (Fsp3) is 0.100. The van der Waals surface area contributed by atoms with Gasteiger partial charge in [0.05, 0.1) is 6.20 Å². The van der Waals surface area contributed by atoms with Crippen LogP contribution in [-0.2, 0) is 16.6 Å². The Morgan fingerprint density at radius 1 is 1.44 bits per heavy atom. The molecular formula is C10H11BrN4O2S. The van der Waals surface area contributed by atoms with E-state index in [0.29, 0.717) is 0 Å². The van der Waals surface area contributed by atoms with Gasteiger partial charge in [-0.15, -0.1) is 0 Å². The van der Waals surface area contributed by atoms with E-state index in [4.69, 9.17) is 5.73 Å². The van der Waals surface area contributed by atoms with Crippen LogP contribution in [0.1, 0.15) is 5.56 Å². The summed E-state index contributed by atoms with van der Waals surface area (Å²) in [6, 6.07) is 7.36. The number of halogens is 1. The Labute approximate surface area is 113 Å². The normalized spacial score (nSPS) is 11.6. The van der Waals surface area contributed by atoms with Crippen molar-refractivity contribution < 1.29 is 8.42 Å². The van der Waals surface area contributed by atoms with E-state index in [1.54, 1.807) is 0 Å². The third-order valence-electron chi connectivity index (χ3n) is 2.28. The van der Waals surface area contributed by atoms with Gasteiger partial charge < -0.3 is 5.73 Å². The summed E-state index contributed by atoms with van der Waals surface area (Å²) >= 11 is 3.32. The molecule has 0 radical (unpaired) electrons. The molecule has 4 N–H and O–H groups in total. The summed E-state index contributed by atoms with van der Waals surface area (Å²) in [6.45, 7) is 0.187. The molecule has 18 heavy (non-hydrogen) atoms. The van der Waals surface area contributed by atoms with Crippen LogP contribution >= 0.6 is 15.9 Å². The predicted molar refractivity (Wildman–Crippen MR) is 71.2 cm³/mol. The first-order valence-electron chi connectivity index (χ1n) is 5.02. The van der Waals surface area contributed by atoms with E-state index in [2.05, 4.69) is 30.8 Å². The molecule has 0 atom stereocenters. The van der Waals surface area contributed by atoms with Crippen LogP contribution in [0.3, 0.4) is 0 Å². The fourth-order valence-corrected chi connectivity index (χ4v) is 2.89. The second kappa shape index (κ2) is 5.09. The number of nitrogens with one attached hydrogen (secondary N) is 2. The van der Waals surface area contributed by atoms with Crippen molar-refractivity contribution in [3.8, 4) is 0 Å². The van der Waals surface area contributed by atoms with Crippen LogP contribution in [0.25, 0.3) is 0 Å². The number of aromatic nitrogens is 2. The molecule has 6 nitrogen and oxygen atoms in total. The van der Waals surface area contributed by atoms with Crippen LogP contribution < -0.4 is 10.5 Å². The molecule has 0 saturated heterocycles. The van der Waals surface area contributed by atoms with Crippen LogP contribution in [0.15, 0.2) is 39.8 Å². The molecule has 2 aromatic rings. The smallest absolute Gasteiger partial charge is 0.246 e. The molecule has 0 bridgehead atoms. The molecule has 1 heterocycles. The zero-order chi connectivity index (χ0) is 13.2. The number of nitrogen functional groups attached to an aromatic ring is 1. The maximum atomic E-state index is 11.9. The number of hydrogen-bond donors (Lipinski definition) is 3. The highest BCUT2D eigenvalue weighted by atomic mass is 79.9. The van der Waals surface area contributed by atoms with Crippen molar-refractivity contribution in [2.75, 3.05) is 5.73 Å². The summed E-state index contributed by atoms with van der Waals surface area (Å²) in [4.78, 5) is -0.0440. The highest BCUT2D eigenvalue weighted by Crippen LogP contribution is 2.15. The second-order valence-corrected chi connectivity index (χ2v) is 6.25.